The van der Waals surface area contributed by atoms with Crippen LogP contribution in [0.15, 0.2) is 30.5 Å². The van der Waals surface area contributed by atoms with Crippen molar-refractivity contribution in [3.63, 3.8) is 0 Å². The van der Waals surface area contributed by atoms with Gasteiger partial charge in [0, 0.05) is 7.05 Å². The first-order valence-corrected chi connectivity index (χ1v) is 5.00. The molecule has 2 aromatic rings. The summed E-state index contributed by atoms with van der Waals surface area (Å²) in [4.78, 5) is 0. The highest BCUT2D eigenvalue weighted by atomic mass is 35.5. The standard InChI is InChI=1S/C11H10F3N3O.ClH/c1-17-6-9(15)10(16-17)18-8-4-2-3-7(5-8)11(12,13)14;/h2-6H,15H2,1H3;1H. The molecule has 0 atom stereocenters. The van der Waals surface area contributed by atoms with Crippen molar-refractivity contribution in [2.75, 3.05) is 5.73 Å². The fourth-order valence-corrected chi connectivity index (χ4v) is 1.41. The van der Waals surface area contributed by atoms with E-state index in [1.165, 1.54) is 23.0 Å². The molecule has 0 saturated carbocycles. The van der Waals surface area contributed by atoms with Crippen molar-refractivity contribution in [2.24, 2.45) is 7.05 Å². The number of hydrogen-bond acceptors (Lipinski definition) is 3. The fraction of sp³-hybridized carbons (Fsp3) is 0.182. The van der Waals surface area contributed by atoms with Crippen LogP contribution in [0.2, 0.25) is 0 Å². The van der Waals surface area contributed by atoms with Gasteiger partial charge in [-0.3, -0.25) is 4.68 Å². The summed E-state index contributed by atoms with van der Waals surface area (Å²) in [5, 5.41) is 3.89. The van der Waals surface area contributed by atoms with Crippen molar-refractivity contribution in [1.82, 2.24) is 9.78 Å². The quantitative estimate of drug-likeness (QED) is 0.925. The van der Waals surface area contributed by atoms with Gasteiger partial charge in [-0.15, -0.1) is 17.5 Å². The Kier molecular flexibility index (Phi) is 4.31. The molecule has 1 aromatic carbocycles. The Hall–Kier alpha value is -1.89. The maximum Gasteiger partial charge on any atom is 0.416 e. The van der Waals surface area contributed by atoms with Gasteiger partial charge in [-0.1, -0.05) is 6.07 Å². The first-order valence-electron chi connectivity index (χ1n) is 5.00. The Morgan fingerprint density at radius 1 is 1.32 bits per heavy atom. The smallest absolute Gasteiger partial charge is 0.416 e. The molecule has 0 fully saturated rings. The zero-order chi connectivity index (χ0) is 13.3. The number of nitrogens with two attached hydrogens (primary N) is 1. The van der Waals surface area contributed by atoms with Crippen LogP contribution in [0.4, 0.5) is 18.9 Å². The molecule has 1 aromatic heterocycles. The highest BCUT2D eigenvalue weighted by Crippen LogP contribution is 2.33. The van der Waals surface area contributed by atoms with E-state index in [-0.39, 0.29) is 29.7 Å². The molecular formula is C11H11ClF3N3O. The third kappa shape index (κ3) is 3.54. The van der Waals surface area contributed by atoms with Gasteiger partial charge in [0.15, 0.2) is 0 Å². The number of ether oxygens (including phenoxy) is 1. The molecular weight excluding hydrogens is 283 g/mol. The lowest BCUT2D eigenvalue weighted by Gasteiger charge is -2.08. The monoisotopic (exact) mass is 293 g/mol. The van der Waals surface area contributed by atoms with Crippen molar-refractivity contribution >= 4 is 18.1 Å². The Bertz CT molecular complexity index is 569. The molecule has 8 heteroatoms. The number of aromatic nitrogens is 2. The van der Waals surface area contributed by atoms with Gasteiger partial charge >= 0.3 is 6.18 Å². The molecule has 0 aliphatic heterocycles. The van der Waals surface area contributed by atoms with Crippen LogP contribution >= 0.6 is 12.4 Å². The maximum atomic E-state index is 12.5. The molecule has 0 bridgehead atoms. The molecule has 0 amide bonds. The predicted molar refractivity (Wildman–Crippen MR) is 66.4 cm³/mol. The lowest BCUT2D eigenvalue weighted by molar-refractivity contribution is -0.137. The first-order chi connectivity index (χ1) is 8.36. The number of benzene rings is 1. The number of aryl methyl sites for hydroxylation is 1. The van der Waals surface area contributed by atoms with Gasteiger partial charge < -0.3 is 10.5 Å². The topological polar surface area (TPSA) is 53.1 Å². The van der Waals surface area contributed by atoms with Crippen molar-refractivity contribution in [1.29, 1.82) is 0 Å². The van der Waals surface area contributed by atoms with Crippen molar-refractivity contribution in [2.45, 2.75) is 6.18 Å². The van der Waals surface area contributed by atoms with Crippen LogP contribution in [-0.4, -0.2) is 9.78 Å². The van der Waals surface area contributed by atoms with Crippen LogP contribution in [-0.2, 0) is 13.2 Å². The largest absolute Gasteiger partial charge is 0.436 e. The molecule has 19 heavy (non-hydrogen) atoms. The zero-order valence-electron chi connectivity index (χ0n) is 9.81. The number of anilines is 1. The van der Waals surface area contributed by atoms with Crippen LogP contribution < -0.4 is 10.5 Å². The number of halogens is 4. The Labute approximate surface area is 113 Å². The minimum absolute atomic E-state index is 0. The summed E-state index contributed by atoms with van der Waals surface area (Å²) >= 11 is 0. The third-order valence-corrected chi connectivity index (χ3v) is 2.20. The van der Waals surface area contributed by atoms with Gasteiger partial charge in [-0.25, -0.2) is 0 Å². The normalized spacial score (nSPS) is 10.9. The van der Waals surface area contributed by atoms with Crippen LogP contribution in [0.3, 0.4) is 0 Å². The average Bonchev–Trinajstić information content (AvgIpc) is 2.56. The van der Waals surface area contributed by atoms with E-state index in [1.54, 1.807) is 7.05 Å². The van der Waals surface area contributed by atoms with Gasteiger partial charge in [0.05, 0.1) is 11.8 Å². The summed E-state index contributed by atoms with van der Waals surface area (Å²) in [5.74, 6) is 0.118. The highest BCUT2D eigenvalue weighted by molar-refractivity contribution is 5.85. The number of hydrogen-bond donors (Lipinski definition) is 1. The Balaban J connectivity index is 0.00000180. The SMILES string of the molecule is Cl.Cn1cc(N)c(Oc2cccc(C(F)(F)F)c2)n1. The lowest BCUT2D eigenvalue weighted by atomic mass is 10.2. The summed E-state index contributed by atoms with van der Waals surface area (Å²) in [6.07, 6.45) is -2.90. The summed E-state index contributed by atoms with van der Waals surface area (Å²) in [6, 6.07) is 4.53. The molecule has 2 rings (SSSR count). The molecule has 0 saturated heterocycles. The predicted octanol–water partition coefficient (Wildman–Crippen LogP) is 3.24. The van der Waals surface area contributed by atoms with E-state index in [2.05, 4.69) is 5.10 Å². The average molecular weight is 294 g/mol. The second kappa shape index (κ2) is 5.40. The summed E-state index contributed by atoms with van der Waals surface area (Å²) in [5.41, 5.74) is 5.06. The van der Waals surface area contributed by atoms with E-state index < -0.39 is 11.7 Å². The van der Waals surface area contributed by atoms with Crippen LogP contribution in [0.25, 0.3) is 0 Å². The molecule has 2 N–H and O–H groups in total. The summed E-state index contributed by atoms with van der Waals surface area (Å²) in [6.45, 7) is 0. The lowest BCUT2D eigenvalue weighted by Crippen LogP contribution is -2.04. The molecule has 0 spiro atoms. The van der Waals surface area contributed by atoms with Crippen LogP contribution in [0.5, 0.6) is 11.6 Å². The second-order valence-electron chi connectivity index (χ2n) is 3.69. The zero-order valence-corrected chi connectivity index (χ0v) is 10.6. The summed E-state index contributed by atoms with van der Waals surface area (Å²) in [7, 11) is 1.63. The molecule has 4 nitrogen and oxygen atoms in total. The Morgan fingerprint density at radius 3 is 2.53 bits per heavy atom. The molecule has 0 unspecified atom stereocenters. The molecule has 1 heterocycles. The van der Waals surface area contributed by atoms with Gasteiger partial charge in [0.2, 0.25) is 0 Å². The van der Waals surface area contributed by atoms with Crippen molar-refractivity contribution in [3.05, 3.63) is 36.0 Å². The number of nitrogens with zero attached hydrogens (tertiary/aromatic N) is 2. The molecule has 0 aliphatic carbocycles. The number of nitrogen functional groups attached to an aromatic ring is 1. The molecule has 104 valence electrons. The van der Waals surface area contributed by atoms with E-state index in [1.807, 2.05) is 0 Å². The fourth-order valence-electron chi connectivity index (χ4n) is 1.41. The minimum Gasteiger partial charge on any atom is -0.436 e. The number of rotatable bonds is 2. The Morgan fingerprint density at radius 2 is 2.00 bits per heavy atom. The highest BCUT2D eigenvalue weighted by Gasteiger charge is 2.30. The third-order valence-electron chi connectivity index (χ3n) is 2.20. The van der Waals surface area contributed by atoms with Gasteiger partial charge in [0.25, 0.3) is 5.88 Å². The van der Waals surface area contributed by atoms with Crippen LogP contribution in [0, 0.1) is 0 Å². The van der Waals surface area contributed by atoms with Crippen molar-refractivity contribution in [3.8, 4) is 11.6 Å². The number of alkyl halides is 3. The first kappa shape index (κ1) is 15.2. The van der Waals surface area contributed by atoms with Gasteiger partial charge in [-0.05, 0) is 18.2 Å². The van der Waals surface area contributed by atoms with E-state index in [0.717, 1.165) is 12.1 Å². The summed E-state index contributed by atoms with van der Waals surface area (Å²) < 4.78 is 44.1. The van der Waals surface area contributed by atoms with E-state index in [9.17, 15) is 13.2 Å². The molecule has 0 radical (unpaired) electrons. The van der Waals surface area contributed by atoms with Crippen LogP contribution in [0.1, 0.15) is 5.56 Å². The minimum atomic E-state index is -4.41. The second-order valence-corrected chi connectivity index (χ2v) is 3.69. The van der Waals surface area contributed by atoms with E-state index in [4.69, 9.17) is 10.5 Å². The maximum absolute atomic E-state index is 12.5. The van der Waals surface area contributed by atoms with E-state index in [0.29, 0.717) is 0 Å². The van der Waals surface area contributed by atoms with Gasteiger partial charge in [-0.2, -0.15) is 13.2 Å². The molecule has 0 aliphatic rings. The van der Waals surface area contributed by atoms with E-state index >= 15 is 0 Å². The van der Waals surface area contributed by atoms with Crippen molar-refractivity contribution < 1.29 is 17.9 Å². The van der Waals surface area contributed by atoms with Gasteiger partial charge in [0.1, 0.15) is 11.4 Å².